The lowest BCUT2D eigenvalue weighted by atomic mass is 10.1. The molecule has 0 saturated heterocycles. The van der Waals surface area contributed by atoms with Gasteiger partial charge in [0.1, 0.15) is 5.75 Å². The number of ether oxygens (including phenoxy) is 1. The first-order valence-electron chi connectivity index (χ1n) is 9.72. The minimum Gasteiger partial charge on any atom is -0.484 e. The van der Waals surface area contributed by atoms with Crippen LogP contribution in [-0.4, -0.2) is 27.8 Å². The number of nitrogens with one attached hydrogen (secondary N) is 1. The van der Waals surface area contributed by atoms with E-state index in [1.54, 1.807) is 24.3 Å². The van der Waals surface area contributed by atoms with Crippen molar-refractivity contribution in [3.63, 3.8) is 0 Å². The zero-order valence-electron chi connectivity index (χ0n) is 17.4. The van der Waals surface area contributed by atoms with Crippen LogP contribution in [0.4, 0.5) is 5.13 Å². The number of allylic oxidation sites excluding steroid dienone is 1. The summed E-state index contributed by atoms with van der Waals surface area (Å²) in [4.78, 5) is 28.4. The molecule has 1 N–H and O–H groups in total. The summed E-state index contributed by atoms with van der Waals surface area (Å²) < 4.78 is 7.68. The van der Waals surface area contributed by atoms with Gasteiger partial charge in [-0.2, -0.15) is 0 Å². The number of hydrogen-bond donors (Lipinski definition) is 1. The Kier molecular flexibility index (Phi) is 6.84. The van der Waals surface area contributed by atoms with Gasteiger partial charge in [0.05, 0.1) is 5.69 Å². The summed E-state index contributed by atoms with van der Waals surface area (Å²) in [6.07, 6.45) is 2.32. The maximum absolute atomic E-state index is 12.2. The number of anilines is 1. The highest BCUT2D eigenvalue weighted by Gasteiger charge is 2.14. The molecule has 30 heavy (non-hydrogen) atoms. The van der Waals surface area contributed by atoms with Gasteiger partial charge in [0.2, 0.25) is 0 Å². The molecule has 1 amide bonds. The number of benzene rings is 1. The Labute approximate surface area is 180 Å². The highest BCUT2D eigenvalue weighted by molar-refractivity contribution is 7.14. The molecule has 0 unspecified atom stereocenters. The molecule has 156 valence electrons. The number of carbonyl (C=O) groups excluding carboxylic acids is 2. The van der Waals surface area contributed by atoms with E-state index in [-0.39, 0.29) is 18.3 Å². The third-order valence-corrected chi connectivity index (χ3v) is 5.54. The maximum atomic E-state index is 12.2. The van der Waals surface area contributed by atoms with Gasteiger partial charge in [-0.3, -0.25) is 14.9 Å². The summed E-state index contributed by atoms with van der Waals surface area (Å²) in [5.41, 5.74) is 4.77. The topological polar surface area (TPSA) is 73.2 Å². The summed E-state index contributed by atoms with van der Waals surface area (Å²) in [6, 6.07) is 8.88. The van der Waals surface area contributed by atoms with Crippen molar-refractivity contribution in [2.75, 3.05) is 11.9 Å². The smallest absolute Gasteiger partial charge is 0.264 e. The number of hydrogen-bond acceptors (Lipinski definition) is 5. The number of nitrogens with zero attached hydrogens (tertiary/aromatic N) is 2. The lowest BCUT2D eigenvalue weighted by molar-refractivity contribution is -0.118. The summed E-state index contributed by atoms with van der Waals surface area (Å²) in [7, 11) is 0. The standard InChI is InChI=1S/C23H25N3O3S/c1-5-11-26-15(3)12-19(16(26)4)20-14-30-23(24-20)25-22(28)13-29-18-9-7-17(8-10-18)21(27)6-2/h5,7-10,12,14H,1,6,11,13H2,2-4H3,(H,24,25,28). The third-order valence-electron chi connectivity index (χ3n) is 4.78. The summed E-state index contributed by atoms with van der Waals surface area (Å²) in [6.45, 7) is 10.3. The van der Waals surface area contributed by atoms with Crippen LogP contribution in [0.15, 0.2) is 48.4 Å². The number of amides is 1. The van der Waals surface area contributed by atoms with Gasteiger partial charge in [-0.25, -0.2) is 4.98 Å². The zero-order chi connectivity index (χ0) is 21.7. The molecular formula is C23H25N3O3S. The fourth-order valence-electron chi connectivity index (χ4n) is 3.17. The number of ketones is 1. The van der Waals surface area contributed by atoms with Crippen LogP contribution < -0.4 is 10.1 Å². The Morgan fingerprint density at radius 2 is 2.00 bits per heavy atom. The van der Waals surface area contributed by atoms with Crippen LogP contribution in [0.25, 0.3) is 11.3 Å². The second-order valence-corrected chi connectivity index (χ2v) is 7.72. The monoisotopic (exact) mass is 423 g/mol. The fourth-order valence-corrected chi connectivity index (χ4v) is 3.90. The van der Waals surface area contributed by atoms with Crippen molar-refractivity contribution in [1.29, 1.82) is 0 Å². The van der Waals surface area contributed by atoms with E-state index in [1.807, 2.05) is 18.4 Å². The minimum absolute atomic E-state index is 0.0733. The van der Waals surface area contributed by atoms with E-state index in [0.29, 0.717) is 22.9 Å². The first-order chi connectivity index (χ1) is 14.4. The van der Waals surface area contributed by atoms with E-state index in [1.165, 1.54) is 11.3 Å². The van der Waals surface area contributed by atoms with Gasteiger partial charge < -0.3 is 9.30 Å². The van der Waals surface area contributed by atoms with Gasteiger partial charge in [-0.05, 0) is 44.2 Å². The Bertz CT molecular complexity index is 1060. The molecule has 0 aliphatic rings. The molecule has 1 aromatic carbocycles. The van der Waals surface area contributed by atoms with Gasteiger partial charge in [-0.15, -0.1) is 17.9 Å². The summed E-state index contributed by atoms with van der Waals surface area (Å²) in [5.74, 6) is 0.318. The number of aryl methyl sites for hydroxylation is 1. The SMILES string of the molecule is C=CCn1c(C)cc(-c2csc(NC(=O)COc3ccc(C(=O)CC)cc3)n2)c1C. The Morgan fingerprint density at radius 3 is 2.67 bits per heavy atom. The van der Waals surface area contributed by atoms with E-state index in [4.69, 9.17) is 4.74 Å². The second-order valence-electron chi connectivity index (χ2n) is 6.86. The van der Waals surface area contributed by atoms with Crippen LogP contribution in [0.2, 0.25) is 0 Å². The molecule has 0 atom stereocenters. The lowest BCUT2D eigenvalue weighted by Gasteiger charge is -2.06. The van der Waals surface area contributed by atoms with Crippen LogP contribution in [0, 0.1) is 13.8 Å². The van der Waals surface area contributed by atoms with Gasteiger partial charge in [0.15, 0.2) is 17.5 Å². The number of rotatable bonds is 9. The summed E-state index contributed by atoms with van der Waals surface area (Å²) >= 11 is 1.37. The molecule has 3 aromatic rings. The molecule has 0 fully saturated rings. The Balaban J connectivity index is 1.59. The molecule has 0 bridgehead atoms. The largest absolute Gasteiger partial charge is 0.484 e. The average molecular weight is 424 g/mol. The highest BCUT2D eigenvalue weighted by atomic mass is 32.1. The third kappa shape index (κ3) is 4.86. The highest BCUT2D eigenvalue weighted by Crippen LogP contribution is 2.30. The Morgan fingerprint density at radius 1 is 1.27 bits per heavy atom. The number of thiazole rings is 1. The summed E-state index contributed by atoms with van der Waals surface area (Å²) in [5, 5.41) is 5.23. The number of Topliss-reactive ketones (excluding diaryl/α,β-unsaturated/α-hetero) is 1. The maximum Gasteiger partial charge on any atom is 0.264 e. The molecule has 0 saturated carbocycles. The van der Waals surface area contributed by atoms with Gasteiger partial charge in [0, 0.05) is 40.9 Å². The van der Waals surface area contributed by atoms with Crippen molar-refractivity contribution in [2.24, 2.45) is 0 Å². The number of carbonyl (C=O) groups is 2. The van der Waals surface area contributed by atoms with E-state index < -0.39 is 0 Å². The van der Waals surface area contributed by atoms with Crippen molar-refractivity contribution in [3.05, 3.63) is 65.3 Å². The first-order valence-corrected chi connectivity index (χ1v) is 10.6. The van der Waals surface area contributed by atoms with Crippen molar-refractivity contribution in [2.45, 2.75) is 33.7 Å². The average Bonchev–Trinajstić information content (AvgIpc) is 3.31. The Hall–Kier alpha value is -3.19. The molecule has 0 spiro atoms. The molecule has 0 aliphatic carbocycles. The van der Waals surface area contributed by atoms with Gasteiger partial charge >= 0.3 is 0 Å². The molecule has 2 aromatic heterocycles. The predicted octanol–water partition coefficient (Wildman–Crippen LogP) is 5.02. The molecule has 2 heterocycles. The van der Waals surface area contributed by atoms with Gasteiger partial charge in [-0.1, -0.05) is 13.0 Å². The van der Waals surface area contributed by atoms with Crippen molar-refractivity contribution < 1.29 is 14.3 Å². The van der Waals surface area contributed by atoms with E-state index in [9.17, 15) is 9.59 Å². The molecule has 0 radical (unpaired) electrons. The van der Waals surface area contributed by atoms with Crippen LogP contribution in [-0.2, 0) is 11.3 Å². The van der Waals surface area contributed by atoms with E-state index in [2.05, 4.69) is 41.4 Å². The van der Waals surface area contributed by atoms with Crippen LogP contribution in [0.1, 0.15) is 35.1 Å². The van der Waals surface area contributed by atoms with Crippen molar-refractivity contribution >= 4 is 28.2 Å². The zero-order valence-corrected chi connectivity index (χ0v) is 18.2. The normalized spacial score (nSPS) is 10.6. The second kappa shape index (κ2) is 9.54. The van der Waals surface area contributed by atoms with Gasteiger partial charge in [0.25, 0.3) is 5.91 Å². The predicted molar refractivity (Wildman–Crippen MR) is 120 cm³/mol. The van der Waals surface area contributed by atoms with Crippen molar-refractivity contribution in [1.82, 2.24) is 9.55 Å². The lowest BCUT2D eigenvalue weighted by Crippen LogP contribution is -2.20. The van der Waals surface area contributed by atoms with E-state index in [0.717, 1.165) is 29.2 Å². The molecule has 6 nitrogen and oxygen atoms in total. The van der Waals surface area contributed by atoms with Crippen molar-refractivity contribution in [3.8, 4) is 17.0 Å². The number of aromatic nitrogens is 2. The first kappa shape index (κ1) is 21.5. The minimum atomic E-state index is -0.290. The van der Waals surface area contributed by atoms with E-state index >= 15 is 0 Å². The molecule has 0 aliphatic heterocycles. The molecule has 7 heteroatoms. The molecular weight excluding hydrogens is 398 g/mol. The quantitative estimate of drug-likeness (QED) is 0.387. The van der Waals surface area contributed by atoms with Crippen LogP contribution in [0.3, 0.4) is 0 Å². The fraction of sp³-hybridized carbons (Fsp3) is 0.261. The molecule has 3 rings (SSSR count). The van der Waals surface area contributed by atoms with Crippen LogP contribution >= 0.6 is 11.3 Å². The van der Waals surface area contributed by atoms with Crippen LogP contribution in [0.5, 0.6) is 5.75 Å².